The topological polar surface area (TPSA) is 59.0 Å². The van der Waals surface area contributed by atoms with Crippen LogP contribution in [0.25, 0.3) is 0 Å². The molecule has 0 aliphatic carbocycles. The summed E-state index contributed by atoms with van der Waals surface area (Å²) >= 11 is 0. The van der Waals surface area contributed by atoms with Gasteiger partial charge in [-0.15, -0.1) is 0 Å². The summed E-state index contributed by atoms with van der Waals surface area (Å²) in [6, 6.07) is 4.52. The minimum atomic E-state index is -0.604. The lowest BCUT2D eigenvalue weighted by atomic mass is 10.1. The van der Waals surface area contributed by atoms with Crippen molar-refractivity contribution in [1.82, 2.24) is 0 Å². The Labute approximate surface area is 74.5 Å². The van der Waals surface area contributed by atoms with Gasteiger partial charge in [0.05, 0.1) is 11.6 Å². The van der Waals surface area contributed by atoms with E-state index in [-0.39, 0.29) is 24.0 Å². The van der Waals surface area contributed by atoms with Gasteiger partial charge < -0.3 is 10.5 Å². The van der Waals surface area contributed by atoms with Crippen LogP contribution in [0.1, 0.15) is 17.2 Å². The summed E-state index contributed by atoms with van der Waals surface area (Å²) in [5.41, 5.74) is 6.26. The molecule has 1 aromatic carbocycles. The highest BCUT2D eigenvalue weighted by atomic mass is 19.1. The lowest BCUT2D eigenvalue weighted by molar-refractivity contribution is 0.319. The molecule has 13 heavy (non-hydrogen) atoms. The number of halogens is 1. The van der Waals surface area contributed by atoms with Gasteiger partial charge >= 0.3 is 0 Å². The monoisotopic (exact) mass is 178 g/mol. The van der Waals surface area contributed by atoms with Gasteiger partial charge in [0.1, 0.15) is 12.7 Å². The second-order valence-corrected chi connectivity index (χ2v) is 2.87. The fourth-order valence-corrected chi connectivity index (χ4v) is 1.36. The Morgan fingerprint density at radius 3 is 3.08 bits per heavy atom. The van der Waals surface area contributed by atoms with Crippen LogP contribution < -0.4 is 10.5 Å². The van der Waals surface area contributed by atoms with Gasteiger partial charge in [-0.25, -0.2) is 4.39 Å². The van der Waals surface area contributed by atoms with Crippen molar-refractivity contribution in [1.29, 1.82) is 5.26 Å². The molecule has 0 amide bonds. The molecule has 3 nitrogen and oxygen atoms in total. The van der Waals surface area contributed by atoms with E-state index in [2.05, 4.69) is 0 Å². The van der Waals surface area contributed by atoms with E-state index in [1.807, 2.05) is 0 Å². The highest BCUT2D eigenvalue weighted by molar-refractivity contribution is 5.47. The Hall–Kier alpha value is -1.60. The Morgan fingerprint density at radius 1 is 1.62 bits per heavy atom. The van der Waals surface area contributed by atoms with Crippen LogP contribution in [-0.4, -0.2) is 6.61 Å². The van der Waals surface area contributed by atoms with Gasteiger partial charge in [0.2, 0.25) is 0 Å². The standard InChI is InChI=1S/C9H7FN2O/c10-8-5(3-11)1-2-6-7(12)4-13-9(6)8/h1-2,7H,4,12H2. The molecule has 0 bridgehead atoms. The van der Waals surface area contributed by atoms with Gasteiger partial charge in [-0.3, -0.25) is 0 Å². The lowest BCUT2D eigenvalue weighted by Crippen LogP contribution is -2.10. The zero-order valence-electron chi connectivity index (χ0n) is 6.75. The summed E-state index contributed by atoms with van der Waals surface area (Å²) in [6.45, 7) is 0.279. The number of nitrogens with two attached hydrogens (primary N) is 1. The summed E-state index contributed by atoms with van der Waals surface area (Å²) in [6.07, 6.45) is 0. The molecule has 2 N–H and O–H groups in total. The van der Waals surface area contributed by atoms with E-state index < -0.39 is 5.82 Å². The maximum Gasteiger partial charge on any atom is 0.183 e. The molecule has 1 aliphatic heterocycles. The normalized spacial score (nSPS) is 19.0. The maximum atomic E-state index is 13.3. The van der Waals surface area contributed by atoms with Crippen molar-refractivity contribution in [2.24, 2.45) is 5.73 Å². The molecule has 1 atom stereocenters. The van der Waals surface area contributed by atoms with Crippen LogP contribution in [0.5, 0.6) is 5.75 Å². The average Bonchev–Trinajstić information content (AvgIpc) is 2.50. The van der Waals surface area contributed by atoms with Crippen molar-refractivity contribution in [2.45, 2.75) is 6.04 Å². The number of nitrogens with zero attached hydrogens (tertiary/aromatic N) is 1. The van der Waals surface area contributed by atoms with Crippen LogP contribution in [0.15, 0.2) is 12.1 Å². The molecule has 0 fully saturated rings. The first-order valence-electron chi connectivity index (χ1n) is 3.85. The Balaban J connectivity index is 2.62. The Kier molecular flexibility index (Phi) is 1.67. The second kappa shape index (κ2) is 2.71. The molecule has 0 aromatic heterocycles. The van der Waals surface area contributed by atoms with Crippen LogP contribution in [0, 0.1) is 17.1 Å². The zero-order chi connectivity index (χ0) is 9.42. The Bertz CT molecular complexity index is 397. The Morgan fingerprint density at radius 2 is 2.38 bits per heavy atom. The molecule has 0 saturated heterocycles. The summed E-state index contributed by atoms with van der Waals surface area (Å²) in [7, 11) is 0. The minimum Gasteiger partial charge on any atom is -0.488 e. The van der Waals surface area contributed by atoms with Crippen molar-refractivity contribution < 1.29 is 9.13 Å². The molecule has 1 heterocycles. The quantitative estimate of drug-likeness (QED) is 0.646. The smallest absolute Gasteiger partial charge is 0.183 e. The largest absolute Gasteiger partial charge is 0.488 e. The molecule has 1 unspecified atom stereocenters. The number of benzene rings is 1. The number of ether oxygens (including phenoxy) is 1. The van der Waals surface area contributed by atoms with E-state index in [1.54, 1.807) is 12.1 Å². The van der Waals surface area contributed by atoms with Crippen LogP contribution in [-0.2, 0) is 0 Å². The molecule has 0 radical (unpaired) electrons. The van der Waals surface area contributed by atoms with E-state index in [0.29, 0.717) is 5.56 Å². The molecule has 1 aromatic rings. The van der Waals surface area contributed by atoms with Crippen molar-refractivity contribution in [2.75, 3.05) is 6.61 Å². The molecule has 1 aliphatic rings. The van der Waals surface area contributed by atoms with E-state index in [9.17, 15) is 4.39 Å². The van der Waals surface area contributed by atoms with Gasteiger partial charge in [0.25, 0.3) is 0 Å². The van der Waals surface area contributed by atoms with E-state index in [1.165, 1.54) is 6.07 Å². The second-order valence-electron chi connectivity index (χ2n) is 2.87. The first-order chi connectivity index (χ1) is 6.24. The summed E-state index contributed by atoms with van der Waals surface area (Å²) in [4.78, 5) is 0. The van der Waals surface area contributed by atoms with Gasteiger partial charge in [-0.1, -0.05) is 6.07 Å². The third kappa shape index (κ3) is 1.05. The summed E-state index contributed by atoms with van der Waals surface area (Å²) < 4.78 is 18.4. The van der Waals surface area contributed by atoms with Gasteiger partial charge in [-0.05, 0) is 6.07 Å². The van der Waals surface area contributed by atoms with Gasteiger partial charge in [0, 0.05) is 5.56 Å². The molecule has 0 spiro atoms. The number of nitriles is 1. The van der Waals surface area contributed by atoms with Gasteiger partial charge in [-0.2, -0.15) is 5.26 Å². The molecule has 2 rings (SSSR count). The minimum absolute atomic E-state index is 0.00662. The number of rotatable bonds is 0. The molecule has 0 saturated carbocycles. The van der Waals surface area contributed by atoms with Crippen molar-refractivity contribution in [3.8, 4) is 11.8 Å². The average molecular weight is 178 g/mol. The summed E-state index contributed by atoms with van der Waals surface area (Å²) in [5, 5.41) is 8.54. The van der Waals surface area contributed by atoms with Crippen molar-refractivity contribution in [3.05, 3.63) is 29.1 Å². The predicted molar refractivity (Wildman–Crippen MR) is 43.5 cm³/mol. The van der Waals surface area contributed by atoms with Gasteiger partial charge in [0.15, 0.2) is 11.6 Å². The fraction of sp³-hybridized carbons (Fsp3) is 0.222. The first kappa shape index (κ1) is 8.02. The zero-order valence-corrected chi connectivity index (χ0v) is 6.75. The highest BCUT2D eigenvalue weighted by Crippen LogP contribution is 2.34. The third-order valence-corrected chi connectivity index (χ3v) is 2.05. The van der Waals surface area contributed by atoms with E-state index in [4.69, 9.17) is 15.7 Å². The highest BCUT2D eigenvalue weighted by Gasteiger charge is 2.25. The molecular formula is C9H7FN2O. The fourth-order valence-electron chi connectivity index (χ4n) is 1.36. The predicted octanol–water partition coefficient (Wildman–Crippen LogP) is 1.09. The van der Waals surface area contributed by atoms with Crippen molar-refractivity contribution in [3.63, 3.8) is 0 Å². The van der Waals surface area contributed by atoms with E-state index >= 15 is 0 Å². The molecule has 66 valence electrons. The van der Waals surface area contributed by atoms with E-state index in [0.717, 1.165) is 0 Å². The first-order valence-corrected chi connectivity index (χ1v) is 3.85. The molecular weight excluding hydrogens is 171 g/mol. The number of fused-ring (bicyclic) bond motifs is 1. The van der Waals surface area contributed by atoms with Crippen LogP contribution >= 0.6 is 0 Å². The van der Waals surface area contributed by atoms with Crippen LogP contribution in [0.4, 0.5) is 4.39 Å². The number of hydrogen-bond donors (Lipinski definition) is 1. The van der Waals surface area contributed by atoms with Crippen LogP contribution in [0.3, 0.4) is 0 Å². The SMILES string of the molecule is N#Cc1ccc2c(c1F)OCC2N. The lowest BCUT2D eigenvalue weighted by Gasteiger charge is -2.01. The van der Waals surface area contributed by atoms with Crippen molar-refractivity contribution >= 4 is 0 Å². The molecule has 4 heteroatoms. The van der Waals surface area contributed by atoms with Crippen LogP contribution in [0.2, 0.25) is 0 Å². The third-order valence-electron chi connectivity index (χ3n) is 2.05. The summed E-state index contributed by atoms with van der Waals surface area (Å²) in [5.74, 6) is -0.473. The number of hydrogen-bond acceptors (Lipinski definition) is 3. The maximum absolute atomic E-state index is 13.3.